The summed E-state index contributed by atoms with van der Waals surface area (Å²) < 4.78 is 34.5. The third-order valence-electron chi connectivity index (χ3n) is 5.77. The minimum absolute atomic E-state index is 0.0212. The summed E-state index contributed by atoms with van der Waals surface area (Å²) in [5.74, 6) is 0.189. The highest BCUT2D eigenvalue weighted by atomic mass is 32.2. The van der Waals surface area contributed by atoms with E-state index in [4.69, 9.17) is 8.92 Å². The molecule has 0 aliphatic heterocycles. The summed E-state index contributed by atoms with van der Waals surface area (Å²) in [6.07, 6.45) is 0.775. The Hall–Kier alpha value is -3.32. The first kappa shape index (κ1) is 25.3. The van der Waals surface area contributed by atoms with Crippen LogP contribution in [-0.2, 0) is 16.7 Å². The lowest BCUT2D eigenvalue weighted by molar-refractivity contribution is 0.0671. The number of ether oxygens (including phenoxy) is 1. The largest absolute Gasteiger partial charge is 0.493 e. The summed E-state index contributed by atoms with van der Waals surface area (Å²) in [5, 5.41) is 0. The van der Waals surface area contributed by atoms with Gasteiger partial charge in [-0.25, -0.2) is 0 Å². The number of amides is 1. The summed E-state index contributed by atoms with van der Waals surface area (Å²) >= 11 is 0. The second-order valence-corrected chi connectivity index (χ2v) is 9.91. The maximum Gasteiger partial charge on any atom is 0.309 e. The van der Waals surface area contributed by atoms with E-state index in [1.165, 1.54) is 14.0 Å². The summed E-state index contributed by atoms with van der Waals surface area (Å²) in [6.45, 7) is 5.84. The Morgan fingerprint density at radius 1 is 0.912 bits per heavy atom. The number of benzene rings is 3. The van der Waals surface area contributed by atoms with Crippen LogP contribution in [0, 0.1) is 0 Å². The molecule has 3 aromatic carbocycles. The van der Waals surface area contributed by atoms with Crippen molar-refractivity contribution in [2.45, 2.75) is 39.8 Å². The topological polar surface area (TPSA) is 72.9 Å². The van der Waals surface area contributed by atoms with Crippen molar-refractivity contribution in [3.63, 3.8) is 0 Å². The van der Waals surface area contributed by atoms with Gasteiger partial charge >= 0.3 is 10.1 Å². The second-order valence-electron chi connectivity index (χ2n) is 8.05. The molecule has 0 N–H and O–H groups in total. The lowest BCUT2D eigenvalue weighted by Gasteiger charge is -2.29. The van der Waals surface area contributed by atoms with E-state index in [0.29, 0.717) is 17.9 Å². The van der Waals surface area contributed by atoms with Crippen molar-refractivity contribution in [2.75, 3.05) is 12.9 Å². The Morgan fingerprint density at radius 3 is 2.15 bits per heavy atom. The third kappa shape index (κ3) is 6.17. The van der Waals surface area contributed by atoms with Gasteiger partial charge in [0.15, 0.2) is 11.5 Å². The molecule has 0 aliphatic carbocycles. The fourth-order valence-electron chi connectivity index (χ4n) is 3.53. The van der Waals surface area contributed by atoms with Crippen molar-refractivity contribution < 1.29 is 22.1 Å². The first-order valence-corrected chi connectivity index (χ1v) is 12.9. The van der Waals surface area contributed by atoms with E-state index in [0.717, 1.165) is 23.1 Å². The van der Waals surface area contributed by atoms with Gasteiger partial charge in [-0.15, -0.1) is 0 Å². The maximum atomic E-state index is 13.5. The van der Waals surface area contributed by atoms with E-state index in [9.17, 15) is 13.2 Å². The zero-order valence-electron chi connectivity index (χ0n) is 20.0. The molecule has 1 unspecified atom stereocenters. The van der Waals surface area contributed by atoms with Crippen LogP contribution in [0.3, 0.4) is 0 Å². The molecule has 0 spiro atoms. The quantitative estimate of drug-likeness (QED) is 0.356. The molecule has 0 saturated carbocycles. The van der Waals surface area contributed by atoms with E-state index in [-0.39, 0.29) is 23.5 Å². The van der Waals surface area contributed by atoms with Crippen LogP contribution in [0.5, 0.6) is 11.5 Å². The van der Waals surface area contributed by atoms with Gasteiger partial charge < -0.3 is 13.8 Å². The van der Waals surface area contributed by atoms with E-state index in [2.05, 4.69) is 0 Å². The average molecular weight is 482 g/mol. The van der Waals surface area contributed by atoms with E-state index in [1.54, 1.807) is 17.0 Å². The van der Waals surface area contributed by atoms with Crippen LogP contribution in [-0.4, -0.2) is 38.1 Å². The fourth-order valence-corrected chi connectivity index (χ4v) is 4.05. The van der Waals surface area contributed by atoms with Crippen LogP contribution < -0.4 is 8.92 Å². The molecule has 0 heterocycles. The van der Waals surface area contributed by atoms with Gasteiger partial charge in [0.1, 0.15) is 0 Å². The Kier molecular flexibility index (Phi) is 8.34. The number of carbonyl (C=O) groups excluding carboxylic acids is 1. The molecule has 0 aromatic heterocycles. The standard InChI is InChI=1S/C27H31NO5S/c1-5-20(3)28(19-21-12-17-25(32-4)26(18-21)33-34(30,31)6-2)27(29)24-15-13-23(14-16-24)22-10-8-7-9-11-22/h7-18,20H,5-6,19H2,1-4H3. The normalized spacial score (nSPS) is 12.1. The van der Waals surface area contributed by atoms with Crippen LogP contribution in [0.15, 0.2) is 72.8 Å². The Balaban J connectivity index is 1.87. The van der Waals surface area contributed by atoms with Gasteiger partial charge in [0.05, 0.1) is 12.9 Å². The zero-order valence-corrected chi connectivity index (χ0v) is 20.8. The molecule has 0 saturated heterocycles. The third-order valence-corrected chi connectivity index (χ3v) is 6.91. The number of rotatable bonds is 10. The number of nitrogens with zero attached hydrogens (tertiary/aromatic N) is 1. The molecule has 1 atom stereocenters. The highest BCUT2D eigenvalue weighted by Gasteiger charge is 2.22. The molecule has 34 heavy (non-hydrogen) atoms. The molecule has 3 aromatic rings. The fraction of sp³-hybridized carbons (Fsp3) is 0.296. The van der Waals surface area contributed by atoms with E-state index < -0.39 is 10.1 Å². The van der Waals surface area contributed by atoms with Crippen molar-refractivity contribution >= 4 is 16.0 Å². The smallest absolute Gasteiger partial charge is 0.309 e. The molecule has 180 valence electrons. The molecular formula is C27H31NO5S. The lowest BCUT2D eigenvalue weighted by atomic mass is 10.0. The molecular weight excluding hydrogens is 450 g/mol. The number of methoxy groups -OCH3 is 1. The van der Waals surface area contributed by atoms with Crippen molar-refractivity contribution in [3.8, 4) is 22.6 Å². The van der Waals surface area contributed by atoms with E-state index in [1.807, 2.05) is 74.5 Å². The van der Waals surface area contributed by atoms with Crippen molar-refractivity contribution in [1.82, 2.24) is 4.90 Å². The second kappa shape index (κ2) is 11.2. The summed E-state index contributed by atoms with van der Waals surface area (Å²) in [4.78, 5) is 15.2. The van der Waals surface area contributed by atoms with Crippen LogP contribution in [0.2, 0.25) is 0 Å². The van der Waals surface area contributed by atoms with Crippen molar-refractivity contribution in [2.24, 2.45) is 0 Å². The molecule has 0 aliphatic rings. The maximum absolute atomic E-state index is 13.5. The minimum atomic E-state index is -3.72. The van der Waals surface area contributed by atoms with Gasteiger partial charge in [0.25, 0.3) is 5.91 Å². The monoisotopic (exact) mass is 481 g/mol. The Labute approximate surface area is 202 Å². The number of hydrogen-bond donors (Lipinski definition) is 0. The average Bonchev–Trinajstić information content (AvgIpc) is 2.87. The van der Waals surface area contributed by atoms with Crippen LogP contribution in [0.25, 0.3) is 11.1 Å². The van der Waals surface area contributed by atoms with Crippen LogP contribution >= 0.6 is 0 Å². The van der Waals surface area contributed by atoms with Crippen molar-refractivity contribution in [1.29, 1.82) is 0 Å². The molecule has 7 heteroatoms. The van der Waals surface area contributed by atoms with Gasteiger partial charge in [-0.05, 0) is 61.2 Å². The highest BCUT2D eigenvalue weighted by Crippen LogP contribution is 2.30. The molecule has 0 radical (unpaired) electrons. The Bertz CT molecular complexity index is 1210. The predicted octanol–water partition coefficient (Wildman–Crippen LogP) is 5.53. The molecule has 0 bridgehead atoms. The first-order valence-electron chi connectivity index (χ1n) is 11.3. The predicted molar refractivity (Wildman–Crippen MR) is 135 cm³/mol. The lowest BCUT2D eigenvalue weighted by Crippen LogP contribution is -2.37. The molecule has 0 fully saturated rings. The molecule has 6 nitrogen and oxygen atoms in total. The van der Waals surface area contributed by atoms with Crippen LogP contribution in [0.1, 0.15) is 43.1 Å². The zero-order chi connectivity index (χ0) is 24.7. The SMILES string of the molecule is CCC(C)N(Cc1ccc(OC)c(OS(=O)(=O)CC)c1)C(=O)c1ccc(-c2ccccc2)cc1. The van der Waals surface area contributed by atoms with Gasteiger partial charge in [-0.3, -0.25) is 4.79 Å². The molecule has 1 amide bonds. The van der Waals surface area contributed by atoms with E-state index >= 15 is 0 Å². The number of hydrogen-bond acceptors (Lipinski definition) is 5. The Morgan fingerprint density at radius 2 is 1.56 bits per heavy atom. The highest BCUT2D eigenvalue weighted by molar-refractivity contribution is 7.87. The van der Waals surface area contributed by atoms with Gasteiger partial charge in [0.2, 0.25) is 0 Å². The summed E-state index contributed by atoms with van der Waals surface area (Å²) in [5.41, 5.74) is 3.48. The van der Waals surface area contributed by atoms with Gasteiger partial charge in [0, 0.05) is 18.2 Å². The minimum Gasteiger partial charge on any atom is -0.493 e. The van der Waals surface area contributed by atoms with Crippen LogP contribution in [0.4, 0.5) is 0 Å². The number of carbonyl (C=O) groups is 1. The van der Waals surface area contributed by atoms with Gasteiger partial charge in [-0.2, -0.15) is 8.42 Å². The first-order chi connectivity index (χ1) is 16.3. The molecule has 3 rings (SSSR count). The summed E-state index contributed by atoms with van der Waals surface area (Å²) in [6, 6.07) is 22.7. The summed E-state index contributed by atoms with van der Waals surface area (Å²) in [7, 11) is -2.27. The van der Waals surface area contributed by atoms with Gasteiger partial charge in [-0.1, -0.05) is 55.5 Å². The van der Waals surface area contributed by atoms with Crippen molar-refractivity contribution in [3.05, 3.63) is 83.9 Å².